The first kappa shape index (κ1) is 10.7. The highest BCUT2D eigenvalue weighted by Gasteiger charge is 2.03. The van der Waals surface area contributed by atoms with Gasteiger partial charge in [0, 0.05) is 0 Å². The maximum absolute atomic E-state index is 3.70. The van der Waals surface area contributed by atoms with E-state index in [2.05, 4.69) is 56.8 Å². The Morgan fingerprint density at radius 1 is 1.06 bits per heavy atom. The molecule has 0 spiro atoms. The minimum atomic E-state index is 1.27. The molecule has 0 saturated heterocycles. The van der Waals surface area contributed by atoms with E-state index in [1.807, 2.05) is 12.2 Å². The van der Waals surface area contributed by atoms with Crippen molar-refractivity contribution in [2.75, 3.05) is 0 Å². The fraction of sp³-hybridized carbons (Fsp3) is 0.125. The van der Waals surface area contributed by atoms with Gasteiger partial charge in [-0.05, 0) is 41.3 Å². The highest BCUT2D eigenvalue weighted by atomic mass is 14.1. The Kier molecular flexibility index (Phi) is 2.91. The number of rotatable bonds is 2. The van der Waals surface area contributed by atoms with Crippen LogP contribution in [-0.4, -0.2) is 0 Å². The predicted octanol–water partition coefficient (Wildman–Crippen LogP) is 4.66. The van der Waals surface area contributed by atoms with E-state index in [9.17, 15) is 0 Å². The lowest BCUT2D eigenvalue weighted by Gasteiger charge is -2.08. The normalized spacial score (nSPS) is 11.1. The van der Waals surface area contributed by atoms with Crippen LogP contribution in [-0.2, 0) is 0 Å². The molecule has 0 amide bonds. The standard InChI is InChI=1S/C16H16/c1-4-5-8-14-10-11-15-9-6-7-12(2)16(15)13(14)3/h4-11H,1H2,2-3H3/b8-5-. The van der Waals surface area contributed by atoms with Crippen molar-refractivity contribution in [2.24, 2.45) is 0 Å². The molecule has 0 heteroatoms. The van der Waals surface area contributed by atoms with Gasteiger partial charge in [0.15, 0.2) is 0 Å². The Morgan fingerprint density at radius 2 is 1.88 bits per heavy atom. The first-order chi connectivity index (χ1) is 7.74. The predicted molar refractivity (Wildman–Crippen MR) is 72.7 cm³/mol. The average molecular weight is 208 g/mol. The first-order valence-corrected chi connectivity index (χ1v) is 5.52. The molecule has 16 heavy (non-hydrogen) atoms. The van der Waals surface area contributed by atoms with Crippen molar-refractivity contribution in [2.45, 2.75) is 13.8 Å². The quantitative estimate of drug-likeness (QED) is 0.630. The van der Waals surface area contributed by atoms with Crippen molar-refractivity contribution in [1.82, 2.24) is 0 Å². The third-order valence-corrected chi connectivity index (χ3v) is 2.97. The van der Waals surface area contributed by atoms with Gasteiger partial charge in [0.2, 0.25) is 0 Å². The summed E-state index contributed by atoms with van der Waals surface area (Å²) in [5.41, 5.74) is 3.94. The summed E-state index contributed by atoms with van der Waals surface area (Å²) in [7, 11) is 0. The van der Waals surface area contributed by atoms with Crippen molar-refractivity contribution in [3.8, 4) is 0 Å². The molecule has 2 aromatic carbocycles. The van der Waals surface area contributed by atoms with Gasteiger partial charge in [-0.25, -0.2) is 0 Å². The zero-order valence-electron chi connectivity index (χ0n) is 9.83. The van der Waals surface area contributed by atoms with E-state index in [1.54, 1.807) is 0 Å². The van der Waals surface area contributed by atoms with Crippen molar-refractivity contribution < 1.29 is 0 Å². The lowest BCUT2D eigenvalue weighted by atomic mass is 9.96. The molecule has 0 fully saturated rings. The molecule has 2 aromatic rings. The fourth-order valence-electron chi connectivity index (χ4n) is 2.14. The van der Waals surface area contributed by atoms with Crippen LogP contribution in [0.15, 0.2) is 49.1 Å². The summed E-state index contributed by atoms with van der Waals surface area (Å²) >= 11 is 0. The van der Waals surface area contributed by atoms with Crippen molar-refractivity contribution in [1.29, 1.82) is 0 Å². The molecular weight excluding hydrogens is 192 g/mol. The van der Waals surface area contributed by atoms with E-state index in [0.29, 0.717) is 0 Å². The molecule has 0 atom stereocenters. The van der Waals surface area contributed by atoms with Crippen LogP contribution < -0.4 is 0 Å². The van der Waals surface area contributed by atoms with Gasteiger partial charge in [-0.2, -0.15) is 0 Å². The third-order valence-electron chi connectivity index (χ3n) is 2.97. The number of fused-ring (bicyclic) bond motifs is 1. The minimum Gasteiger partial charge on any atom is -0.0991 e. The van der Waals surface area contributed by atoms with Crippen molar-refractivity contribution in [3.63, 3.8) is 0 Å². The van der Waals surface area contributed by atoms with Gasteiger partial charge in [-0.3, -0.25) is 0 Å². The summed E-state index contributed by atoms with van der Waals surface area (Å²) in [5.74, 6) is 0. The van der Waals surface area contributed by atoms with Gasteiger partial charge >= 0.3 is 0 Å². The molecule has 0 aliphatic heterocycles. The van der Waals surface area contributed by atoms with Crippen LogP contribution in [0.3, 0.4) is 0 Å². The second-order valence-corrected chi connectivity index (χ2v) is 4.05. The topological polar surface area (TPSA) is 0 Å². The summed E-state index contributed by atoms with van der Waals surface area (Å²) < 4.78 is 0. The molecule has 0 heterocycles. The molecule has 0 aliphatic rings. The Labute approximate surface area is 96.9 Å². The Bertz CT molecular complexity index is 560. The Hall–Kier alpha value is -1.82. The molecule has 2 rings (SSSR count). The van der Waals surface area contributed by atoms with Gasteiger partial charge in [0.05, 0.1) is 0 Å². The fourth-order valence-corrected chi connectivity index (χ4v) is 2.14. The molecule has 0 aliphatic carbocycles. The number of hydrogen-bond acceptors (Lipinski definition) is 0. The SMILES string of the molecule is C=C/C=C\c1ccc2cccc(C)c2c1C. The third kappa shape index (κ3) is 1.79. The summed E-state index contributed by atoms with van der Waals surface area (Å²) in [6.07, 6.45) is 5.89. The maximum Gasteiger partial charge on any atom is -0.0119 e. The lowest BCUT2D eigenvalue weighted by molar-refractivity contribution is 1.44. The zero-order chi connectivity index (χ0) is 11.5. The van der Waals surface area contributed by atoms with Crippen LogP contribution in [0.4, 0.5) is 0 Å². The Balaban J connectivity index is 2.73. The van der Waals surface area contributed by atoms with Gasteiger partial charge in [-0.1, -0.05) is 55.1 Å². The number of benzene rings is 2. The monoisotopic (exact) mass is 208 g/mol. The molecule has 0 N–H and O–H groups in total. The molecule has 0 bridgehead atoms. The van der Waals surface area contributed by atoms with Crippen LogP contribution in [0.25, 0.3) is 16.8 Å². The number of hydrogen-bond donors (Lipinski definition) is 0. The highest BCUT2D eigenvalue weighted by molar-refractivity contribution is 5.91. The largest absolute Gasteiger partial charge is 0.0991 e. The highest BCUT2D eigenvalue weighted by Crippen LogP contribution is 2.25. The van der Waals surface area contributed by atoms with Crippen molar-refractivity contribution in [3.05, 3.63) is 65.8 Å². The lowest BCUT2D eigenvalue weighted by Crippen LogP contribution is -1.86. The second kappa shape index (κ2) is 4.36. The first-order valence-electron chi connectivity index (χ1n) is 5.52. The smallest absolute Gasteiger partial charge is 0.0119 e. The summed E-state index contributed by atoms with van der Waals surface area (Å²) in [5, 5.41) is 2.68. The van der Waals surface area contributed by atoms with Gasteiger partial charge in [0.25, 0.3) is 0 Å². The van der Waals surface area contributed by atoms with Gasteiger partial charge < -0.3 is 0 Å². The van der Waals surface area contributed by atoms with E-state index in [1.165, 1.54) is 27.5 Å². The number of allylic oxidation sites excluding steroid dienone is 2. The van der Waals surface area contributed by atoms with Crippen LogP contribution in [0.1, 0.15) is 16.7 Å². The van der Waals surface area contributed by atoms with Gasteiger partial charge in [-0.15, -0.1) is 0 Å². The van der Waals surface area contributed by atoms with E-state index in [0.717, 1.165) is 0 Å². The Morgan fingerprint density at radius 3 is 2.62 bits per heavy atom. The van der Waals surface area contributed by atoms with Gasteiger partial charge in [0.1, 0.15) is 0 Å². The average Bonchev–Trinajstić information content (AvgIpc) is 2.28. The van der Waals surface area contributed by atoms with Crippen LogP contribution >= 0.6 is 0 Å². The molecule has 80 valence electrons. The molecule has 0 aromatic heterocycles. The molecule has 0 radical (unpaired) electrons. The molecule has 0 unspecified atom stereocenters. The van der Waals surface area contributed by atoms with Crippen LogP contribution in [0.5, 0.6) is 0 Å². The second-order valence-electron chi connectivity index (χ2n) is 4.05. The van der Waals surface area contributed by atoms with Crippen LogP contribution in [0, 0.1) is 13.8 Å². The number of aryl methyl sites for hydroxylation is 2. The van der Waals surface area contributed by atoms with E-state index in [-0.39, 0.29) is 0 Å². The maximum atomic E-state index is 3.70. The molecule has 0 saturated carbocycles. The van der Waals surface area contributed by atoms with E-state index < -0.39 is 0 Å². The summed E-state index contributed by atoms with van der Waals surface area (Å²) in [6.45, 7) is 8.04. The minimum absolute atomic E-state index is 1.27. The summed E-state index contributed by atoms with van der Waals surface area (Å²) in [4.78, 5) is 0. The van der Waals surface area contributed by atoms with Crippen molar-refractivity contribution >= 4 is 16.8 Å². The van der Waals surface area contributed by atoms with E-state index in [4.69, 9.17) is 0 Å². The molecular formula is C16H16. The van der Waals surface area contributed by atoms with E-state index >= 15 is 0 Å². The zero-order valence-corrected chi connectivity index (χ0v) is 9.83. The molecule has 0 nitrogen and oxygen atoms in total. The summed E-state index contributed by atoms with van der Waals surface area (Å²) in [6, 6.07) is 10.8. The van der Waals surface area contributed by atoms with Crippen LogP contribution in [0.2, 0.25) is 0 Å².